The average molecular weight is 320 g/mol. The molecule has 0 unspecified atom stereocenters. The normalized spacial score (nSPS) is 16.4. The first kappa shape index (κ1) is 13.4. The Morgan fingerprint density at radius 3 is 2.68 bits per heavy atom. The lowest BCUT2D eigenvalue weighted by Gasteiger charge is -2.05. The Kier molecular flexibility index (Phi) is 4.06. The van der Waals surface area contributed by atoms with E-state index >= 15 is 0 Å². The van der Waals surface area contributed by atoms with Gasteiger partial charge >= 0.3 is 5.97 Å². The van der Waals surface area contributed by atoms with E-state index in [0.29, 0.717) is 21.3 Å². The molecule has 4 nitrogen and oxygen atoms in total. The highest BCUT2D eigenvalue weighted by Gasteiger charge is 2.12. The number of oxime groups is 1. The lowest BCUT2D eigenvalue weighted by molar-refractivity contribution is -0.110. The summed E-state index contributed by atoms with van der Waals surface area (Å²) in [5, 5.41) is 3.76. The van der Waals surface area contributed by atoms with Gasteiger partial charge in [0.1, 0.15) is 5.71 Å². The van der Waals surface area contributed by atoms with Gasteiger partial charge in [-0.1, -0.05) is 17.3 Å². The predicted molar refractivity (Wildman–Crippen MR) is 74.9 cm³/mol. The zero-order valence-electron chi connectivity index (χ0n) is 10.1. The molecule has 0 bridgehead atoms. The van der Waals surface area contributed by atoms with E-state index in [1.165, 1.54) is 18.2 Å². The van der Waals surface area contributed by atoms with Crippen molar-refractivity contribution in [2.24, 2.45) is 5.16 Å². The molecule has 0 amide bonds. The molecule has 0 aliphatic heterocycles. The minimum atomic E-state index is -0.557. The van der Waals surface area contributed by atoms with Crippen LogP contribution in [0.4, 0.5) is 0 Å². The maximum atomic E-state index is 11.8. The Balaban J connectivity index is 2.13. The number of carbonyl (C=O) groups excluding carboxylic acids is 2. The largest absolute Gasteiger partial charge is 0.366 e. The van der Waals surface area contributed by atoms with Crippen LogP contribution in [0, 0.1) is 0 Å². The number of carbonyl (C=O) groups is 2. The molecule has 0 saturated heterocycles. The van der Waals surface area contributed by atoms with Crippen molar-refractivity contribution in [1.29, 1.82) is 0 Å². The monoisotopic (exact) mass is 319 g/mol. The fourth-order valence-electron chi connectivity index (χ4n) is 1.50. The topological polar surface area (TPSA) is 55.7 Å². The molecule has 96 valence electrons. The van der Waals surface area contributed by atoms with Crippen LogP contribution >= 0.6 is 15.9 Å². The SMILES string of the molecule is CC1=CC(=O)C=C/C1=N/OC(=O)c1ccccc1Br. The van der Waals surface area contributed by atoms with Crippen LogP contribution in [0.2, 0.25) is 0 Å². The summed E-state index contributed by atoms with van der Waals surface area (Å²) < 4.78 is 0.641. The molecule has 1 aliphatic carbocycles. The van der Waals surface area contributed by atoms with Crippen molar-refractivity contribution in [3.63, 3.8) is 0 Å². The molecular formula is C14H10BrNO3. The van der Waals surface area contributed by atoms with Crippen molar-refractivity contribution in [2.75, 3.05) is 0 Å². The Bertz CT molecular complexity index is 629. The van der Waals surface area contributed by atoms with Crippen LogP contribution < -0.4 is 0 Å². The second-order valence-corrected chi connectivity index (χ2v) is 4.75. The van der Waals surface area contributed by atoms with Gasteiger partial charge in [0.05, 0.1) is 5.56 Å². The molecule has 0 N–H and O–H groups in total. The molecule has 1 aliphatic rings. The van der Waals surface area contributed by atoms with E-state index in [0.717, 1.165) is 0 Å². The smallest absolute Gasteiger partial charge is 0.312 e. The summed E-state index contributed by atoms with van der Waals surface area (Å²) in [4.78, 5) is 27.8. The summed E-state index contributed by atoms with van der Waals surface area (Å²) >= 11 is 3.26. The van der Waals surface area contributed by atoms with Crippen molar-refractivity contribution in [2.45, 2.75) is 6.92 Å². The van der Waals surface area contributed by atoms with Crippen LogP contribution in [0.1, 0.15) is 17.3 Å². The van der Waals surface area contributed by atoms with Gasteiger partial charge < -0.3 is 4.84 Å². The Hall–Kier alpha value is -2.01. The Morgan fingerprint density at radius 2 is 2.00 bits per heavy atom. The van der Waals surface area contributed by atoms with E-state index in [4.69, 9.17) is 4.84 Å². The van der Waals surface area contributed by atoms with Gasteiger partial charge in [0.15, 0.2) is 5.78 Å². The van der Waals surface area contributed by atoms with Crippen LogP contribution in [-0.4, -0.2) is 17.5 Å². The van der Waals surface area contributed by atoms with Gasteiger partial charge in [-0.3, -0.25) is 4.79 Å². The van der Waals surface area contributed by atoms with E-state index in [1.807, 2.05) is 0 Å². The van der Waals surface area contributed by atoms with Crippen LogP contribution in [0.5, 0.6) is 0 Å². The number of rotatable bonds is 2. The number of hydrogen-bond donors (Lipinski definition) is 0. The molecule has 19 heavy (non-hydrogen) atoms. The van der Waals surface area contributed by atoms with Crippen molar-refractivity contribution in [1.82, 2.24) is 0 Å². The van der Waals surface area contributed by atoms with Crippen molar-refractivity contribution >= 4 is 33.4 Å². The molecule has 2 rings (SSSR count). The third kappa shape index (κ3) is 3.26. The zero-order valence-corrected chi connectivity index (χ0v) is 11.7. The van der Waals surface area contributed by atoms with Crippen LogP contribution in [0.3, 0.4) is 0 Å². The quantitative estimate of drug-likeness (QED) is 0.478. The molecule has 5 heteroatoms. The summed E-state index contributed by atoms with van der Waals surface area (Å²) in [7, 11) is 0. The van der Waals surface area contributed by atoms with Gasteiger partial charge in [-0.25, -0.2) is 4.79 Å². The maximum Gasteiger partial charge on any atom is 0.366 e. The molecular weight excluding hydrogens is 310 g/mol. The van der Waals surface area contributed by atoms with Gasteiger partial charge in [0.2, 0.25) is 0 Å². The second kappa shape index (κ2) is 5.75. The first-order valence-corrected chi connectivity index (χ1v) is 6.32. The third-order valence-corrected chi connectivity index (χ3v) is 3.18. The summed E-state index contributed by atoms with van der Waals surface area (Å²) in [6.45, 7) is 1.73. The molecule has 0 spiro atoms. The standard InChI is InChI=1S/C14H10BrNO3/c1-9-8-10(17)6-7-13(9)16-19-14(18)11-4-2-3-5-12(11)15/h2-8H,1H3/b16-13-. The molecule has 0 radical (unpaired) electrons. The fourth-order valence-corrected chi connectivity index (χ4v) is 1.94. The summed E-state index contributed by atoms with van der Waals surface area (Å²) in [6, 6.07) is 6.91. The second-order valence-electron chi connectivity index (χ2n) is 3.90. The molecule has 0 aromatic heterocycles. The highest BCUT2D eigenvalue weighted by atomic mass is 79.9. The summed E-state index contributed by atoms with van der Waals surface area (Å²) in [6.07, 6.45) is 4.33. The number of ketones is 1. The van der Waals surface area contributed by atoms with Gasteiger partial charge in [-0.15, -0.1) is 0 Å². The van der Waals surface area contributed by atoms with E-state index in [-0.39, 0.29) is 5.78 Å². The molecule has 0 saturated carbocycles. The minimum Gasteiger partial charge on any atom is -0.312 e. The minimum absolute atomic E-state index is 0.103. The molecule has 0 atom stereocenters. The first-order valence-electron chi connectivity index (χ1n) is 5.52. The maximum absolute atomic E-state index is 11.8. The number of benzene rings is 1. The summed E-state index contributed by atoms with van der Waals surface area (Å²) in [5.74, 6) is -0.661. The number of halogens is 1. The van der Waals surface area contributed by atoms with Crippen LogP contribution in [0.25, 0.3) is 0 Å². The Labute approximate surface area is 118 Å². The van der Waals surface area contributed by atoms with Crippen molar-refractivity contribution < 1.29 is 14.4 Å². The average Bonchev–Trinajstić information content (AvgIpc) is 2.38. The predicted octanol–water partition coefficient (Wildman–Crippen LogP) is 3.05. The van der Waals surface area contributed by atoms with Gasteiger partial charge in [0, 0.05) is 4.47 Å². The highest BCUT2D eigenvalue weighted by molar-refractivity contribution is 9.10. The van der Waals surface area contributed by atoms with Crippen molar-refractivity contribution in [3.05, 3.63) is 58.1 Å². The highest BCUT2D eigenvalue weighted by Crippen LogP contribution is 2.17. The lowest BCUT2D eigenvalue weighted by atomic mass is 10.1. The van der Waals surface area contributed by atoms with Gasteiger partial charge in [-0.05, 0) is 58.8 Å². The first-order chi connectivity index (χ1) is 9.08. The van der Waals surface area contributed by atoms with E-state index in [9.17, 15) is 9.59 Å². The molecule has 0 heterocycles. The van der Waals surface area contributed by atoms with E-state index < -0.39 is 5.97 Å². The van der Waals surface area contributed by atoms with E-state index in [1.54, 1.807) is 31.2 Å². The fraction of sp³-hybridized carbons (Fsp3) is 0.0714. The zero-order chi connectivity index (χ0) is 13.8. The van der Waals surface area contributed by atoms with Crippen molar-refractivity contribution in [3.8, 4) is 0 Å². The third-order valence-electron chi connectivity index (χ3n) is 2.49. The van der Waals surface area contributed by atoms with E-state index in [2.05, 4.69) is 21.1 Å². The number of hydrogen-bond acceptors (Lipinski definition) is 4. The number of allylic oxidation sites excluding steroid dienone is 4. The summed E-state index contributed by atoms with van der Waals surface area (Å²) in [5.41, 5.74) is 1.51. The molecule has 1 aromatic carbocycles. The lowest BCUT2D eigenvalue weighted by Crippen LogP contribution is -2.08. The van der Waals surface area contributed by atoms with Gasteiger partial charge in [-0.2, -0.15) is 0 Å². The Morgan fingerprint density at radius 1 is 1.26 bits per heavy atom. The van der Waals surface area contributed by atoms with Crippen LogP contribution in [0.15, 0.2) is 57.7 Å². The molecule has 1 aromatic rings. The van der Waals surface area contributed by atoms with Crippen LogP contribution in [-0.2, 0) is 9.63 Å². The molecule has 0 fully saturated rings. The van der Waals surface area contributed by atoms with Gasteiger partial charge in [0.25, 0.3) is 0 Å². The number of nitrogens with zero attached hydrogens (tertiary/aromatic N) is 1.